The Morgan fingerprint density at radius 2 is 1.79 bits per heavy atom. The van der Waals surface area contributed by atoms with Crippen LogP contribution in [-0.2, 0) is 11.3 Å². The van der Waals surface area contributed by atoms with Crippen LogP contribution >= 0.6 is 0 Å². The fraction of sp³-hybridized carbons (Fsp3) is 0.133. The van der Waals surface area contributed by atoms with Crippen LogP contribution in [0.2, 0.25) is 0 Å². The van der Waals surface area contributed by atoms with E-state index in [4.69, 9.17) is 15.2 Å². The van der Waals surface area contributed by atoms with E-state index in [0.29, 0.717) is 17.0 Å². The largest absolute Gasteiger partial charge is 0.496 e. The molecule has 0 fully saturated rings. The maximum atomic E-state index is 11.9. The summed E-state index contributed by atoms with van der Waals surface area (Å²) in [5.74, 6) is 0.250. The van der Waals surface area contributed by atoms with Gasteiger partial charge in [-0.2, -0.15) is 0 Å². The van der Waals surface area contributed by atoms with Crippen LogP contribution in [0.3, 0.4) is 0 Å². The number of methoxy groups -OCH3 is 1. The van der Waals surface area contributed by atoms with Gasteiger partial charge in [0.25, 0.3) is 0 Å². The molecule has 0 saturated heterocycles. The third kappa shape index (κ3) is 3.04. The smallest absolute Gasteiger partial charge is 0.340 e. The van der Waals surface area contributed by atoms with Gasteiger partial charge in [0.15, 0.2) is 0 Å². The van der Waals surface area contributed by atoms with Gasteiger partial charge < -0.3 is 15.2 Å². The molecule has 0 saturated carbocycles. The Morgan fingerprint density at radius 3 is 2.53 bits per heavy atom. The number of nitrogens with two attached hydrogens (primary N) is 1. The number of carbonyl (C=O) groups excluding carboxylic acids is 1. The number of hydrogen-bond acceptors (Lipinski definition) is 4. The van der Waals surface area contributed by atoms with Gasteiger partial charge in [0.2, 0.25) is 0 Å². The summed E-state index contributed by atoms with van der Waals surface area (Å²) in [6.07, 6.45) is 0. The highest BCUT2D eigenvalue weighted by molar-refractivity contribution is 5.94. The monoisotopic (exact) mass is 257 g/mol. The molecule has 0 spiro atoms. The zero-order valence-electron chi connectivity index (χ0n) is 10.6. The lowest BCUT2D eigenvalue weighted by molar-refractivity contribution is 0.0471. The maximum absolute atomic E-state index is 11.9. The average molecular weight is 257 g/mol. The van der Waals surface area contributed by atoms with Crippen molar-refractivity contribution < 1.29 is 14.3 Å². The molecule has 0 radical (unpaired) electrons. The van der Waals surface area contributed by atoms with Crippen LogP contribution < -0.4 is 10.5 Å². The number of hydrogen-bond donors (Lipinski definition) is 1. The van der Waals surface area contributed by atoms with Crippen LogP contribution in [0.1, 0.15) is 15.9 Å². The number of esters is 1. The lowest BCUT2D eigenvalue weighted by Crippen LogP contribution is -2.08. The van der Waals surface area contributed by atoms with E-state index in [1.807, 2.05) is 24.3 Å². The van der Waals surface area contributed by atoms with Gasteiger partial charge in [-0.1, -0.05) is 30.3 Å². The molecule has 0 amide bonds. The highest BCUT2D eigenvalue weighted by Crippen LogP contribution is 2.19. The summed E-state index contributed by atoms with van der Waals surface area (Å²) in [5, 5.41) is 0. The molecule has 4 heteroatoms. The lowest BCUT2D eigenvalue weighted by Gasteiger charge is -2.09. The predicted molar refractivity (Wildman–Crippen MR) is 73.0 cm³/mol. The van der Waals surface area contributed by atoms with Crippen LogP contribution in [0.25, 0.3) is 0 Å². The molecule has 4 nitrogen and oxygen atoms in total. The van der Waals surface area contributed by atoms with E-state index in [1.54, 1.807) is 31.4 Å². The quantitative estimate of drug-likeness (QED) is 0.675. The van der Waals surface area contributed by atoms with Gasteiger partial charge in [-0.15, -0.1) is 0 Å². The Hall–Kier alpha value is -2.49. The highest BCUT2D eigenvalue weighted by atomic mass is 16.5. The molecule has 19 heavy (non-hydrogen) atoms. The van der Waals surface area contributed by atoms with E-state index >= 15 is 0 Å². The molecule has 0 unspecified atom stereocenters. The van der Waals surface area contributed by atoms with Crippen LogP contribution in [0.5, 0.6) is 5.75 Å². The summed E-state index contributed by atoms with van der Waals surface area (Å²) >= 11 is 0. The van der Waals surface area contributed by atoms with E-state index in [-0.39, 0.29) is 6.61 Å². The third-order valence-corrected chi connectivity index (χ3v) is 2.73. The van der Waals surface area contributed by atoms with Crippen molar-refractivity contribution in [3.05, 3.63) is 59.7 Å². The van der Waals surface area contributed by atoms with Crippen molar-refractivity contribution in [1.82, 2.24) is 0 Å². The minimum Gasteiger partial charge on any atom is -0.496 e. The van der Waals surface area contributed by atoms with E-state index in [1.165, 1.54) is 0 Å². The Labute approximate surface area is 111 Å². The Bertz CT molecular complexity index is 581. The van der Waals surface area contributed by atoms with Gasteiger partial charge in [-0.05, 0) is 18.2 Å². The number of ether oxygens (including phenoxy) is 2. The number of nitrogen functional groups attached to an aromatic ring is 1. The number of rotatable bonds is 4. The van der Waals surface area contributed by atoms with Gasteiger partial charge in [0.05, 0.1) is 12.7 Å². The fourth-order valence-corrected chi connectivity index (χ4v) is 1.73. The van der Waals surface area contributed by atoms with Gasteiger partial charge >= 0.3 is 5.97 Å². The van der Waals surface area contributed by atoms with E-state index in [0.717, 1.165) is 5.56 Å². The lowest BCUT2D eigenvalue weighted by atomic mass is 10.2. The zero-order valence-corrected chi connectivity index (χ0v) is 10.6. The molecule has 2 aromatic rings. The van der Waals surface area contributed by atoms with Crippen molar-refractivity contribution in [3.63, 3.8) is 0 Å². The Morgan fingerprint density at radius 1 is 1.11 bits per heavy atom. The molecule has 0 aliphatic carbocycles. The summed E-state index contributed by atoms with van der Waals surface area (Å²) in [5.41, 5.74) is 7.32. The molecule has 0 heterocycles. The molecular weight excluding hydrogens is 242 g/mol. The Balaban J connectivity index is 2.07. The second kappa shape index (κ2) is 5.91. The first kappa shape index (κ1) is 13.0. The summed E-state index contributed by atoms with van der Waals surface area (Å²) in [4.78, 5) is 11.9. The summed E-state index contributed by atoms with van der Waals surface area (Å²) in [7, 11) is 1.58. The first-order valence-corrected chi connectivity index (χ1v) is 5.86. The minimum absolute atomic E-state index is 0.150. The van der Waals surface area contributed by atoms with Gasteiger partial charge in [0, 0.05) is 11.3 Å². The van der Waals surface area contributed by atoms with Crippen molar-refractivity contribution in [1.29, 1.82) is 0 Å². The molecule has 0 bridgehead atoms. The molecule has 0 aromatic heterocycles. The number of carbonyl (C=O) groups is 1. The molecule has 0 aliphatic rings. The van der Waals surface area contributed by atoms with Gasteiger partial charge in [-0.25, -0.2) is 4.79 Å². The number of benzene rings is 2. The van der Waals surface area contributed by atoms with Crippen molar-refractivity contribution in [3.8, 4) is 5.75 Å². The van der Waals surface area contributed by atoms with Crippen LogP contribution in [0.15, 0.2) is 48.5 Å². The van der Waals surface area contributed by atoms with E-state index in [2.05, 4.69) is 0 Å². The predicted octanol–water partition coefficient (Wildman–Crippen LogP) is 2.63. The normalized spacial score (nSPS) is 9.95. The molecular formula is C15H15NO3. The molecule has 2 rings (SSSR count). The average Bonchev–Trinajstić information content (AvgIpc) is 2.45. The van der Waals surface area contributed by atoms with Gasteiger partial charge in [-0.3, -0.25) is 0 Å². The maximum Gasteiger partial charge on any atom is 0.340 e. The third-order valence-electron chi connectivity index (χ3n) is 2.73. The molecule has 0 aliphatic heterocycles. The van der Waals surface area contributed by atoms with Gasteiger partial charge in [0.1, 0.15) is 12.4 Å². The topological polar surface area (TPSA) is 61.5 Å². The van der Waals surface area contributed by atoms with Crippen molar-refractivity contribution in [2.24, 2.45) is 0 Å². The van der Waals surface area contributed by atoms with E-state index < -0.39 is 5.97 Å². The summed E-state index contributed by atoms with van der Waals surface area (Å²) < 4.78 is 10.4. The van der Waals surface area contributed by atoms with Crippen LogP contribution in [0.4, 0.5) is 5.69 Å². The standard InChI is InChI=1S/C15H15NO3/c1-18-14-9-5-2-6-11(14)10-19-15(17)12-7-3-4-8-13(12)16/h2-9H,10,16H2,1H3. The van der Waals surface area contributed by atoms with Crippen molar-refractivity contribution in [2.45, 2.75) is 6.61 Å². The second-order valence-corrected chi connectivity index (χ2v) is 3.98. The number of para-hydroxylation sites is 2. The number of anilines is 1. The SMILES string of the molecule is COc1ccccc1COC(=O)c1ccccc1N. The molecule has 0 atom stereocenters. The summed E-state index contributed by atoms with van der Waals surface area (Å²) in [6.45, 7) is 0.150. The molecule has 98 valence electrons. The van der Waals surface area contributed by atoms with Crippen molar-refractivity contribution in [2.75, 3.05) is 12.8 Å². The van der Waals surface area contributed by atoms with E-state index in [9.17, 15) is 4.79 Å². The second-order valence-electron chi connectivity index (χ2n) is 3.98. The highest BCUT2D eigenvalue weighted by Gasteiger charge is 2.11. The minimum atomic E-state index is -0.441. The fourth-order valence-electron chi connectivity index (χ4n) is 1.73. The van der Waals surface area contributed by atoms with Crippen molar-refractivity contribution >= 4 is 11.7 Å². The Kier molecular flexibility index (Phi) is 4.03. The molecule has 2 aromatic carbocycles. The zero-order chi connectivity index (χ0) is 13.7. The first-order chi connectivity index (χ1) is 9.22. The molecule has 2 N–H and O–H groups in total. The van der Waals surface area contributed by atoms with Crippen LogP contribution in [0, 0.1) is 0 Å². The van der Waals surface area contributed by atoms with Crippen LogP contribution in [-0.4, -0.2) is 13.1 Å². The summed E-state index contributed by atoms with van der Waals surface area (Å²) in [6, 6.07) is 14.2. The first-order valence-electron chi connectivity index (χ1n) is 5.86.